The lowest BCUT2D eigenvalue weighted by molar-refractivity contribution is -0.437. The average Bonchev–Trinajstić information content (AvgIpc) is 2.52. The molecule has 1 N–H and O–H groups in total. The van der Waals surface area contributed by atoms with Gasteiger partial charge in [0.1, 0.15) is 0 Å². The first kappa shape index (κ1) is 21.7. The summed E-state index contributed by atoms with van der Waals surface area (Å²) in [6, 6.07) is 0. The van der Waals surface area contributed by atoms with Crippen LogP contribution in [0, 0.1) is 0 Å². The third-order valence-corrected chi connectivity index (χ3v) is 2.96. The van der Waals surface area contributed by atoms with Crippen LogP contribution in [0.25, 0.3) is 0 Å². The minimum absolute atomic E-state index is 0.116. The molecule has 0 aromatic rings. The fraction of sp³-hybridized carbons (Fsp3) is 1.00. The van der Waals surface area contributed by atoms with Gasteiger partial charge in [0, 0.05) is 0 Å². The Hall–Kier alpha value is -0.280. The Bertz CT molecular complexity index is 234. The van der Waals surface area contributed by atoms with Crippen LogP contribution in [-0.4, -0.2) is 55.3 Å². The molecule has 0 aliphatic heterocycles. The van der Waals surface area contributed by atoms with E-state index in [0.29, 0.717) is 19.8 Å². The Balaban J connectivity index is 4.18. The predicted molar refractivity (Wildman–Crippen MR) is 84.1 cm³/mol. The number of aliphatic hydroxyl groups excluding tert-OH is 1. The molecule has 1 atom stereocenters. The Morgan fingerprint density at radius 3 is 2.05 bits per heavy atom. The lowest BCUT2D eigenvalue weighted by Crippen LogP contribution is -2.43. The summed E-state index contributed by atoms with van der Waals surface area (Å²) in [7, 11) is 1.44. The van der Waals surface area contributed by atoms with E-state index in [9.17, 15) is 5.11 Å². The first-order chi connectivity index (χ1) is 10.7. The largest absolute Gasteiger partial charge is 0.372 e. The van der Waals surface area contributed by atoms with Crippen LogP contribution in [0.15, 0.2) is 0 Å². The van der Waals surface area contributed by atoms with Crippen LogP contribution in [0.1, 0.15) is 59.3 Å². The lowest BCUT2D eigenvalue weighted by atomic mass is 10.2. The van der Waals surface area contributed by atoms with E-state index in [0.717, 1.165) is 30.9 Å². The summed E-state index contributed by atoms with van der Waals surface area (Å²) in [4.78, 5) is 21.3. The van der Waals surface area contributed by atoms with Crippen molar-refractivity contribution in [3.63, 3.8) is 0 Å². The maximum Gasteiger partial charge on any atom is 0.174 e. The summed E-state index contributed by atoms with van der Waals surface area (Å²) in [5, 5.41) is 12.5. The summed E-state index contributed by atoms with van der Waals surface area (Å²) in [6.45, 7) is 7.73. The third-order valence-electron chi connectivity index (χ3n) is 2.96. The summed E-state index contributed by atoms with van der Waals surface area (Å²) in [5.41, 5.74) is 0. The Labute approximate surface area is 134 Å². The van der Waals surface area contributed by atoms with E-state index in [1.54, 1.807) is 0 Å². The quantitative estimate of drug-likeness (QED) is 0.266. The molecule has 0 radical (unpaired) electrons. The fourth-order valence-electron chi connectivity index (χ4n) is 1.74. The molecule has 0 fully saturated rings. The molecule has 0 heterocycles. The number of hydrogen-bond acceptors (Lipinski definition) is 7. The van der Waals surface area contributed by atoms with Gasteiger partial charge < -0.3 is 5.11 Å². The van der Waals surface area contributed by atoms with Crippen LogP contribution < -0.4 is 0 Å². The van der Waals surface area contributed by atoms with Crippen molar-refractivity contribution < 1.29 is 24.5 Å². The first-order valence-corrected chi connectivity index (χ1v) is 8.37. The molecule has 1 unspecified atom stereocenters. The number of unbranched alkanes of at least 4 members (excludes halogenated alkanes) is 4. The molecule has 0 rings (SSSR count). The number of hydroxylamine groups is 4. The molecule has 22 heavy (non-hydrogen) atoms. The maximum atomic E-state index is 10.1. The molecule has 0 saturated carbocycles. The second-order valence-electron chi connectivity index (χ2n) is 4.96. The SMILES string of the molecule is CCCCCCON(CC(O)N(OC)OCC)OCCCC. The smallest absolute Gasteiger partial charge is 0.174 e. The van der Waals surface area contributed by atoms with Crippen molar-refractivity contribution in [3.05, 3.63) is 0 Å². The molecule has 7 nitrogen and oxygen atoms in total. The molecule has 0 spiro atoms. The van der Waals surface area contributed by atoms with Crippen molar-refractivity contribution in [1.82, 2.24) is 10.5 Å². The fourth-order valence-corrected chi connectivity index (χ4v) is 1.74. The molecule has 0 aliphatic carbocycles. The first-order valence-electron chi connectivity index (χ1n) is 8.37. The topological polar surface area (TPSA) is 63.6 Å². The minimum Gasteiger partial charge on any atom is -0.372 e. The average molecular weight is 322 g/mol. The van der Waals surface area contributed by atoms with E-state index >= 15 is 0 Å². The standard InChI is InChI=1S/C15H34N2O5/c1-5-8-10-11-13-22-16(21-12-9-6-2)14-15(18)17(19-4)20-7-3/h15,18H,5-14H2,1-4H3. The van der Waals surface area contributed by atoms with Crippen LogP contribution in [0.4, 0.5) is 0 Å². The predicted octanol–water partition coefficient (Wildman–Crippen LogP) is 2.67. The van der Waals surface area contributed by atoms with Crippen molar-refractivity contribution in [2.24, 2.45) is 0 Å². The second kappa shape index (κ2) is 15.6. The summed E-state index contributed by atoms with van der Waals surface area (Å²) in [5.74, 6) is 0. The van der Waals surface area contributed by atoms with E-state index < -0.39 is 6.23 Å². The van der Waals surface area contributed by atoms with Gasteiger partial charge in [-0.05, 0) is 25.0 Å². The second-order valence-corrected chi connectivity index (χ2v) is 4.96. The Kier molecular flexibility index (Phi) is 15.4. The van der Waals surface area contributed by atoms with Crippen molar-refractivity contribution in [3.8, 4) is 0 Å². The molecule has 0 bridgehead atoms. The Morgan fingerprint density at radius 1 is 0.864 bits per heavy atom. The van der Waals surface area contributed by atoms with Gasteiger partial charge in [0.05, 0.1) is 33.5 Å². The molecule has 0 amide bonds. The van der Waals surface area contributed by atoms with Crippen LogP contribution >= 0.6 is 0 Å². The highest BCUT2D eigenvalue weighted by molar-refractivity contribution is 4.46. The molecule has 0 aromatic heterocycles. The van der Waals surface area contributed by atoms with Gasteiger partial charge in [-0.2, -0.15) is 0 Å². The molecule has 0 saturated heterocycles. The van der Waals surface area contributed by atoms with Gasteiger partial charge in [-0.3, -0.25) is 19.4 Å². The number of hydrogen-bond donors (Lipinski definition) is 1. The van der Waals surface area contributed by atoms with Gasteiger partial charge in [0.2, 0.25) is 0 Å². The van der Waals surface area contributed by atoms with E-state index in [2.05, 4.69) is 13.8 Å². The minimum atomic E-state index is -0.998. The highest BCUT2D eigenvalue weighted by Crippen LogP contribution is 2.06. The van der Waals surface area contributed by atoms with E-state index in [1.807, 2.05) is 6.92 Å². The van der Waals surface area contributed by atoms with Gasteiger partial charge in [0.25, 0.3) is 0 Å². The van der Waals surface area contributed by atoms with Crippen molar-refractivity contribution >= 4 is 0 Å². The zero-order valence-corrected chi connectivity index (χ0v) is 14.6. The molecule has 0 aromatic carbocycles. The van der Waals surface area contributed by atoms with E-state index in [-0.39, 0.29) is 6.54 Å². The summed E-state index contributed by atoms with van der Waals surface area (Å²) < 4.78 is 0. The van der Waals surface area contributed by atoms with Crippen LogP contribution in [0.2, 0.25) is 0 Å². The number of rotatable bonds is 16. The van der Waals surface area contributed by atoms with E-state index in [1.165, 1.54) is 25.2 Å². The normalized spacial score (nSPS) is 13.2. The van der Waals surface area contributed by atoms with Gasteiger partial charge in [-0.25, -0.2) is 0 Å². The van der Waals surface area contributed by atoms with Gasteiger partial charge in [0.15, 0.2) is 6.23 Å². The molecular formula is C15H34N2O5. The summed E-state index contributed by atoms with van der Waals surface area (Å²) >= 11 is 0. The van der Waals surface area contributed by atoms with Crippen molar-refractivity contribution in [2.75, 3.05) is 33.5 Å². The monoisotopic (exact) mass is 322 g/mol. The highest BCUT2D eigenvalue weighted by atomic mass is 17.0. The lowest BCUT2D eigenvalue weighted by Gasteiger charge is -2.28. The van der Waals surface area contributed by atoms with Crippen LogP contribution in [0.5, 0.6) is 0 Å². The van der Waals surface area contributed by atoms with Gasteiger partial charge >= 0.3 is 0 Å². The molecule has 134 valence electrons. The van der Waals surface area contributed by atoms with E-state index in [4.69, 9.17) is 19.4 Å². The van der Waals surface area contributed by atoms with Crippen LogP contribution in [0.3, 0.4) is 0 Å². The third kappa shape index (κ3) is 11.3. The maximum absolute atomic E-state index is 10.1. The zero-order chi connectivity index (χ0) is 16.6. The molecule has 0 aliphatic rings. The Morgan fingerprint density at radius 2 is 1.50 bits per heavy atom. The van der Waals surface area contributed by atoms with Crippen molar-refractivity contribution in [1.29, 1.82) is 0 Å². The van der Waals surface area contributed by atoms with Crippen molar-refractivity contribution in [2.45, 2.75) is 65.5 Å². The number of nitrogens with zero attached hydrogens (tertiary/aromatic N) is 2. The van der Waals surface area contributed by atoms with Crippen LogP contribution in [-0.2, 0) is 19.4 Å². The van der Waals surface area contributed by atoms with Gasteiger partial charge in [-0.1, -0.05) is 44.8 Å². The highest BCUT2D eigenvalue weighted by Gasteiger charge is 2.21. The molecule has 7 heteroatoms. The summed E-state index contributed by atoms with van der Waals surface area (Å²) in [6.07, 6.45) is 5.46. The van der Waals surface area contributed by atoms with Gasteiger partial charge in [-0.15, -0.1) is 0 Å². The number of aliphatic hydroxyl groups is 1. The zero-order valence-electron chi connectivity index (χ0n) is 14.6. The molecular weight excluding hydrogens is 288 g/mol.